The first-order chi connectivity index (χ1) is 9.13. The number of nitrogens with two attached hydrogens (primary N) is 1. The fourth-order valence-corrected chi connectivity index (χ4v) is 2.48. The number of nitrogens with zero attached hydrogens (tertiary/aromatic N) is 3. The molecule has 6 nitrogen and oxygen atoms in total. The molecule has 1 saturated heterocycles. The zero-order valence-corrected chi connectivity index (χ0v) is 13.2. The maximum atomic E-state index is 5.86. The van der Waals surface area contributed by atoms with Gasteiger partial charge in [-0.25, -0.2) is 0 Å². The third kappa shape index (κ3) is 4.15. The van der Waals surface area contributed by atoms with Crippen LogP contribution >= 0.6 is 12.4 Å². The number of hydrogen-bond donors (Lipinski definition) is 1. The Labute approximate surface area is 126 Å². The molecule has 0 aliphatic carbocycles. The van der Waals surface area contributed by atoms with Crippen LogP contribution in [0.15, 0.2) is 4.52 Å². The summed E-state index contributed by atoms with van der Waals surface area (Å²) in [4.78, 5) is 6.74. The monoisotopic (exact) mass is 304 g/mol. The van der Waals surface area contributed by atoms with E-state index >= 15 is 0 Å². The number of methoxy groups -OCH3 is 1. The van der Waals surface area contributed by atoms with Gasteiger partial charge in [0.2, 0.25) is 5.89 Å². The molecule has 116 valence electrons. The normalized spacial score (nSPS) is 23.9. The Kier molecular flexibility index (Phi) is 6.88. The first kappa shape index (κ1) is 17.4. The molecule has 0 saturated carbocycles. The van der Waals surface area contributed by atoms with Gasteiger partial charge in [0.1, 0.15) is 0 Å². The molecule has 1 aliphatic heterocycles. The van der Waals surface area contributed by atoms with Crippen molar-refractivity contribution in [3.8, 4) is 0 Å². The van der Waals surface area contributed by atoms with Crippen molar-refractivity contribution in [2.75, 3.05) is 20.2 Å². The highest BCUT2D eigenvalue weighted by Gasteiger charge is 2.28. The van der Waals surface area contributed by atoms with Gasteiger partial charge in [0.05, 0.1) is 12.6 Å². The smallest absolute Gasteiger partial charge is 0.229 e. The highest BCUT2D eigenvalue weighted by atomic mass is 35.5. The Bertz CT molecular complexity index is 399. The second-order valence-electron chi connectivity index (χ2n) is 5.45. The van der Waals surface area contributed by atoms with Gasteiger partial charge in [0, 0.05) is 32.2 Å². The maximum Gasteiger partial charge on any atom is 0.229 e. The minimum atomic E-state index is 0. The summed E-state index contributed by atoms with van der Waals surface area (Å²) in [6.45, 7) is 6.39. The predicted molar refractivity (Wildman–Crippen MR) is 78.9 cm³/mol. The molecule has 2 heterocycles. The number of ether oxygens (including phenoxy) is 1. The number of hydrogen-bond acceptors (Lipinski definition) is 6. The molecule has 0 radical (unpaired) electrons. The van der Waals surface area contributed by atoms with Crippen molar-refractivity contribution < 1.29 is 9.26 Å². The second-order valence-corrected chi connectivity index (χ2v) is 5.45. The van der Waals surface area contributed by atoms with Crippen molar-refractivity contribution in [3.05, 3.63) is 11.7 Å². The van der Waals surface area contributed by atoms with E-state index in [2.05, 4.69) is 15.0 Å². The average Bonchev–Trinajstić information content (AvgIpc) is 2.88. The van der Waals surface area contributed by atoms with Crippen LogP contribution in [0.4, 0.5) is 0 Å². The van der Waals surface area contributed by atoms with Crippen LogP contribution in [-0.4, -0.2) is 47.4 Å². The van der Waals surface area contributed by atoms with Gasteiger partial charge in [-0.05, 0) is 12.8 Å². The molecule has 1 aromatic heterocycles. The molecular formula is C13H25ClN4O2. The van der Waals surface area contributed by atoms with Gasteiger partial charge < -0.3 is 15.0 Å². The maximum absolute atomic E-state index is 5.86. The van der Waals surface area contributed by atoms with E-state index in [4.69, 9.17) is 15.0 Å². The van der Waals surface area contributed by atoms with Gasteiger partial charge in [-0.2, -0.15) is 4.98 Å². The molecule has 2 atom stereocenters. The van der Waals surface area contributed by atoms with Crippen LogP contribution in [0.2, 0.25) is 0 Å². The number of aromatic nitrogens is 2. The summed E-state index contributed by atoms with van der Waals surface area (Å²) in [5, 5.41) is 4.04. The molecule has 20 heavy (non-hydrogen) atoms. The fraction of sp³-hybridized carbons (Fsp3) is 0.846. The van der Waals surface area contributed by atoms with Crippen molar-refractivity contribution >= 4 is 12.4 Å². The Hall–Kier alpha value is -0.690. The van der Waals surface area contributed by atoms with Crippen LogP contribution < -0.4 is 5.73 Å². The molecule has 7 heteroatoms. The van der Waals surface area contributed by atoms with E-state index in [0.717, 1.165) is 25.2 Å². The summed E-state index contributed by atoms with van der Waals surface area (Å²) in [6.07, 6.45) is 2.32. The third-order valence-electron chi connectivity index (χ3n) is 3.72. The van der Waals surface area contributed by atoms with Crippen molar-refractivity contribution in [3.63, 3.8) is 0 Å². The van der Waals surface area contributed by atoms with Crippen LogP contribution in [0.3, 0.4) is 0 Å². The van der Waals surface area contributed by atoms with E-state index in [1.165, 1.54) is 0 Å². The standard InChI is InChI=1S/C13H24N4O2.ClH/c1-9(2)13-15-12(16-19-13)8-17-5-4-11(18-3)6-10(17)7-14;/h9-11H,4-8,14H2,1-3H3;1H. The molecule has 0 bridgehead atoms. The Morgan fingerprint density at radius 2 is 2.25 bits per heavy atom. The Morgan fingerprint density at radius 3 is 2.80 bits per heavy atom. The highest BCUT2D eigenvalue weighted by Crippen LogP contribution is 2.21. The molecule has 2 unspecified atom stereocenters. The van der Waals surface area contributed by atoms with Gasteiger partial charge in [-0.15, -0.1) is 12.4 Å². The largest absolute Gasteiger partial charge is 0.381 e. The topological polar surface area (TPSA) is 77.4 Å². The summed E-state index contributed by atoms with van der Waals surface area (Å²) < 4.78 is 10.7. The lowest BCUT2D eigenvalue weighted by Gasteiger charge is -2.37. The minimum absolute atomic E-state index is 0. The lowest BCUT2D eigenvalue weighted by atomic mass is 9.99. The molecule has 2 rings (SSSR count). The zero-order valence-electron chi connectivity index (χ0n) is 12.4. The lowest BCUT2D eigenvalue weighted by molar-refractivity contribution is 0.00910. The molecule has 1 aliphatic rings. The SMILES string of the molecule is COC1CCN(Cc2noc(C(C)C)n2)C(CN)C1.Cl. The Balaban J connectivity index is 0.00000200. The highest BCUT2D eigenvalue weighted by molar-refractivity contribution is 5.85. The van der Waals surface area contributed by atoms with Crippen LogP contribution in [0.1, 0.15) is 44.3 Å². The molecule has 1 aromatic rings. The van der Waals surface area contributed by atoms with Gasteiger partial charge in [0.25, 0.3) is 0 Å². The summed E-state index contributed by atoms with van der Waals surface area (Å²) in [7, 11) is 1.77. The van der Waals surface area contributed by atoms with Crippen molar-refractivity contribution in [1.82, 2.24) is 15.0 Å². The Morgan fingerprint density at radius 1 is 1.50 bits per heavy atom. The quantitative estimate of drug-likeness (QED) is 0.889. The van der Waals surface area contributed by atoms with Crippen LogP contribution in [-0.2, 0) is 11.3 Å². The zero-order chi connectivity index (χ0) is 13.8. The summed E-state index contributed by atoms with van der Waals surface area (Å²) in [5.41, 5.74) is 5.86. The van der Waals surface area contributed by atoms with Gasteiger partial charge in [-0.3, -0.25) is 4.90 Å². The van der Waals surface area contributed by atoms with Crippen molar-refractivity contribution in [2.45, 2.75) is 51.3 Å². The molecule has 0 aromatic carbocycles. The van der Waals surface area contributed by atoms with Gasteiger partial charge in [-0.1, -0.05) is 19.0 Å². The summed E-state index contributed by atoms with van der Waals surface area (Å²) in [6, 6.07) is 0.333. The molecular weight excluding hydrogens is 280 g/mol. The van der Waals surface area contributed by atoms with Crippen LogP contribution in [0.5, 0.6) is 0 Å². The number of halogens is 1. The number of likely N-dealkylation sites (tertiary alicyclic amines) is 1. The third-order valence-corrected chi connectivity index (χ3v) is 3.72. The summed E-state index contributed by atoms with van der Waals surface area (Å²) >= 11 is 0. The van der Waals surface area contributed by atoms with E-state index in [0.29, 0.717) is 31.1 Å². The lowest BCUT2D eigenvalue weighted by Crippen LogP contribution is -2.48. The number of piperidine rings is 1. The van der Waals surface area contributed by atoms with Crippen LogP contribution in [0, 0.1) is 0 Å². The van der Waals surface area contributed by atoms with E-state index in [9.17, 15) is 0 Å². The first-order valence-corrected chi connectivity index (χ1v) is 6.93. The van der Waals surface area contributed by atoms with E-state index < -0.39 is 0 Å². The second kappa shape index (κ2) is 7.93. The molecule has 1 fully saturated rings. The first-order valence-electron chi connectivity index (χ1n) is 6.93. The fourth-order valence-electron chi connectivity index (χ4n) is 2.48. The van der Waals surface area contributed by atoms with Gasteiger partial charge >= 0.3 is 0 Å². The van der Waals surface area contributed by atoms with Crippen LogP contribution in [0.25, 0.3) is 0 Å². The molecule has 2 N–H and O–H groups in total. The molecule has 0 spiro atoms. The predicted octanol–water partition coefficient (Wildman–Crippen LogP) is 1.55. The molecule has 0 amide bonds. The van der Waals surface area contributed by atoms with Gasteiger partial charge in [0.15, 0.2) is 5.82 Å². The van der Waals surface area contributed by atoms with Crippen molar-refractivity contribution in [2.24, 2.45) is 5.73 Å². The van der Waals surface area contributed by atoms with E-state index in [1.807, 2.05) is 13.8 Å². The average molecular weight is 305 g/mol. The van der Waals surface area contributed by atoms with E-state index in [1.54, 1.807) is 7.11 Å². The van der Waals surface area contributed by atoms with E-state index in [-0.39, 0.29) is 18.3 Å². The summed E-state index contributed by atoms with van der Waals surface area (Å²) in [5.74, 6) is 1.72. The minimum Gasteiger partial charge on any atom is -0.381 e. The number of rotatable bonds is 5. The van der Waals surface area contributed by atoms with Crippen molar-refractivity contribution in [1.29, 1.82) is 0 Å².